The van der Waals surface area contributed by atoms with Gasteiger partial charge < -0.3 is 9.26 Å². The number of nitrogens with zero attached hydrogens (tertiary/aromatic N) is 2. The van der Waals surface area contributed by atoms with E-state index in [1.54, 1.807) is 12.1 Å². The summed E-state index contributed by atoms with van der Waals surface area (Å²) in [5, 5.41) is 4.14. The van der Waals surface area contributed by atoms with Crippen molar-refractivity contribution in [3.63, 3.8) is 0 Å². The first-order chi connectivity index (χ1) is 11.1. The number of benzene rings is 1. The second-order valence-corrected chi connectivity index (χ2v) is 6.65. The minimum Gasteiger partial charge on any atom is -0.381 e. The summed E-state index contributed by atoms with van der Waals surface area (Å²) in [5.74, 6) is 1.67. The molecule has 1 aromatic heterocycles. The number of hydrogen-bond donors (Lipinski definition) is 0. The van der Waals surface area contributed by atoms with Crippen molar-refractivity contribution < 1.29 is 13.7 Å². The van der Waals surface area contributed by atoms with E-state index in [-0.39, 0.29) is 5.82 Å². The molecule has 4 nitrogen and oxygen atoms in total. The molecule has 0 unspecified atom stereocenters. The molecule has 0 bridgehead atoms. The minimum absolute atomic E-state index is 0.243. The fraction of sp³-hybridized carbons (Fsp3) is 0.556. The molecule has 1 aromatic carbocycles. The Morgan fingerprint density at radius 3 is 2.74 bits per heavy atom. The van der Waals surface area contributed by atoms with Crippen LogP contribution in [0.4, 0.5) is 4.39 Å². The number of aryl methyl sites for hydroxylation is 1. The second kappa shape index (κ2) is 6.79. The summed E-state index contributed by atoms with van der Waals surface area (Å²) in [7, 11) is 0. The monoisotopic (exact) mass is 318 g/mol. The quantitative estimate of drug-likeness (QED) is 0.839. The molecular formula is C18H23FN2O2. The minimum atomic E-state index is -0.441. The van der Waals surface area contributed by atoms with Crippen molar-refractivity contribution in [2.24, 2.45) is 5.92 Å². The third kappa shape index (κ3) is 3.44. The maximum Gasteiger partial charge on any atom is 0.237 e. The lowest BCUT2D eigenvalue weighted by molar-refractivity contribution is 0.0522. The van der Waals surface area contributed by atoms with Crippen LogP contribution in [-0.2, 0) is 16.6 Å². The number of hydrogen-bond acceptors (Lipinski definition) is 4. The van der Waals surface area contributed by atoms with Gasteiger partial charge in [-0.15, -0.1) is 0 Å². The highest BCUT2D eigenvalue weighted by molar-refractivity contribution is 5.33. The molecule has 0 atom stereocenters. The summed E-state index contributed by atoms with van der Waals surface area (Å²) in [4.78, 5) is 4.63. The molecule has 1 aliphatic heterocycles. The molecule has 2 aromatic rings. The third-order valence-electron chi connectivity index (χ3n) is 4.55. The van der Waals surface area contributed by atoms with Gasteiger partial charge in [-0.3, -0.25) is 0 Å². The van der Waals surface area contributed by atoms with Crippen molar-refractivity contribution in [1.82, 2.24) is 10.1 Å². The summed E-state index contributed by atoms with van der Waals surface area (Å²) in [6.07, 6.45) is 3.27. The number of rotatable bonds is 5. The van der Waals surface area contributed by atoms with Crippen LogP contribution < -0.4 is 0 Å². The Bertz CT molecular complexity index is 648. The predicted molar refractivity (Wildman–Crippen MR) is 84.7 cm³/mol. The van der Waals surface area contributed by atoms with Crippen molar-refractivity contribution in [2.45, 2.75) is 44.9 Å². The second-order valence-electron chi connectivity index (χ2n) is 6.65. The van der Waals surface area contributed by atoms with E-state index in [1.807, 2.05) is 6.07 Å². The molecule has 0 saturated carbocycles. The van der Waals surface area contributed by atoms with Crippen molar-refractivity contribution >= 4 is 0 Å². The van der Waals surface area contributed by atoms with Gasteiger partial charge in [-0.1, -0.05) is 31.1 Å². The van der Waals surface area contributed by atoms with E-state index in [1.165, 1.54) is 6.07 Å². The molecule has 3 rings (SSSR count). The van der Waals surface area contributed by atoms with Gasteiger partial charge in [0.2, 0.25) is 5.89 Å². The molecule has 0 spiro atoms. The van der Waals surface area contributed by atoms with E-state index < -0.39 is 5.41 Å². The molecule has 2 heterocycles. The van der Waals surface area contributed by atoms with Crippen molar-refractivity contribution in [1.29, 1.82) is 0 Å². The van der Waals surface area contributed by atoms with Crippen LogP contribution in [0.3, 0.4) is 0 Å². The van der Waals surface area contributed by atoms with Gasteiger partial charge in [0.05, 0.1) is 5.41 Å². The third-order valence-corrected chi connectivity index (χ3v) is 4.55. The highest BCUT2D eigenvalue weighted by Gasteiger charge is 2.41. The summed E-state index contributed by atoms with van der Waals surface area (Å²) >= 11 is 0. The van der Waals surface area contributed by atoms with Crippen LogP contribution in [0.2, 0.25) is 0 Å². The van der Waals surface area contributed by atoms with Crippen LogP contribution in [0.1, 0.15) is 50.4 Å². The molecule has 0 N–H and O–H groups in total. The molecule has 5 heteroatoms. The highest BCUT2D eigenvalue weighted by Crippen LogP contribution is 2.40. The summed E-state index contributed by atoms with van der Waals surface area (Å²) in [6.45, 7) is 5.57. The first kappa shape index (κ1) is 16.1. The highest BCUT2D eigenvalue weighted by atomic mass is 19.1. The number of halogens is 1. The van der Waals surface area contributed by atoms with Crippen molar-refractivity contribution in [3.8, 4) is 0 Å². The maximum atomic E-state index is 13.7. The molecule has 23 heavy (non-hydrogen) atoms. The van der Waals surface area contributed by atoms with Crippen LogP contribution in [0.5, 0.6) is 0 Å². The fourth-order valence-electron chi connectivity index (χ4n) is 3.10. The number of ether oxygens (including phenoxy) is 1. The van der Waals surface area contributed by atoms with Crippen molar-refractivity contribution in [3.05, 3.63) is 47.4 Å². The van der Waals surface area contributed by atoms with E-state index in [2.05, 4.69) is 24.0 Å². The average Bonchev–Trinajstić information content (AvgIpc) is 3.03. The van der Waals surface area contributed by atoms with E-state index in [0.717, 1.165) is 37.1 Å². The SMILES string of the molecule is CC(C)CCc1noc(C2(c3cccc(F)c3)CCOCC2)n1. The van der Waals surface area contributed by atoms with Gasteiger partial charge in [0.1, 0.15) is 5.82 Å². The molecule has 1 aliphatic rings. The zero-order valence-corrected chi connectivity index (χ0v) is 13.7. The summed E-state index contributed by atoms with van der Waals surface area (Å²) in [5.41, 5.74) is 0.448. The van der Waals surface area contributed by atoms with Gasteiger partial charge in [0.25, 0.3) is 0 Å². The van der Waals surface area contributed by atoms with E-state index in [0.29, 0.717) is 25.0 Å². The van der Waals surface area contributed by atoms with Gasteiger partial charge in [0.15, 0.2) is 5.82 Å². The average molecular weight is 318 g/mol. The molecule has 1 fully saturated rings. The molecule has 124 valence electrons. The standard InChI is InChI=1S/C18H23FN2O2/c1-13(2)6-7-16-20-17(23-21-16)18(8-10-22-11-9-18)14-4-3-5-15(19)12-14/h3-5,12-13H,6-11H2,1-2H3. The lowest BCUT2D eigenvalue weighted by Gasteiger charge is -2.34. The van der Waals surface area contributed by atoms with E-state index in [9.17, 15) is 4.39 Å². The van der Waals surface area contributed by atoms with Gasteiger partial charge in [-0.2, -0.15) is 4.98 Å². The van der Waals surface area contributed by atoms with Crippen LogP contribution in [-0.4, -0.2) is 23.4 Å². The van der Waals surface area contributed by atoms with Gasteiger partial charge in [0, 0.05) is 19.6 Å². The van der Waals surface area contributed by atoms with Gasteiger partial charge >= 0.3 is 0 Å². The van der Waals surface area contributed by atoms with Crippen LogP contribution in [0, 0.1) is 11.7 Å². The Labute approximate surface area is 136 Å². The van der Waals surface area contributed by atoms with Crippen LogP contribution in [0.15, 0.2) is 28.8 Å². The predicted octanol–water partition coefficient (Wildman–Crippen LogP) is 3.89. The lowest BCUT2D eigenvalue weighted by Crippen LogP contribution is -2.35. The number of aromatic nitrogens is 2. The molecule has 1 saturated heterocycles. The van der Waals surface area contributed by atoms with Crippen molar-refractivity contribution in [2.75, 3.05) is 13.2 Å². The zero-order chi connectivity index (χ0) is 16.3. The molecular weight excluding hydrogens is 295 g/mol. The first-order valence-corrected chi connectivity index (χ1v) is 8.27. The Balaban J connectivity index is 1.93. The lowest BCUT2D eigenvalue weighted by atomic mass is 9.74. The molecule has 0 aliphatic carbocycles. The smallest absolute Gasteiger partial charge is 0.237 e. The summed E-state index contributed by atoms with van der Waals surface area (Å²) in [6, 6.07) is 6.70. The van der Waals surface area contributed by atoms with E-state index in [4.69, 9.17) is 9.26 Å². The molecule has 0 radical (unpaired) electrons. The van der Waals surface area contributed by atoms with Gasteiger partial charge in [-0.25, -0.2) is 4.39 Å². The largest absolute Gasteiger partial charge is 0.381 e. The topological polar surface area (TPSA) is 48.2 Å². The van der Waals surface area contributed by atoms with Crippen LogP contribution >= 0.6 is 0 Å². The van der Waals surface area contributed by atoms with Crippen LogP contribution in [0.25, 0.3) is 0 Å². The zero-order valence-electron chi connectivity index (χ0n) is 13.7. The molecule has 0 amide bonds. The Hall–Kier alpha value is -1.75. The maximum absolute atomic E-state index is 13.7. The Morgan fingerprint density at radius 1 is 1.26 bits per heavy atom. The Kier molecular flexibility index (Phi) is 4.76. The van der Waals surface area contributed by atoms with E-state index >= 15 is 0 Å². The Morgan fingerprint density at radius 2 is 2.04 bits per heavy atom. The fourth-order valence-corrected chi connectivity index (χ4v) is 3.10. The summed E-state index contributed by atoms with van der Waals surface area (Å²) < 4.78 is 24.8. The van der Waals surface area contributed by atoms with Gasteiger partial charge in [-0.05, 0) is 42.9 Å². The normalized spacial score (nSPS) is 17.6. The first-order valence-electron chi connectivity index (χ1n) is 8.27.